The van der Waals surface area contributed by atoms with Gasteiger partial charge in [0.05, 0.1) is 6.54 Å². The lowest BCUT2D eigenvalue weighted by Crippen LogP contribution is -2.38. The van der Waals surface area contributed by atoms with Gasteiger partial charge >= 0.3 is 0 Å². The van der Waals surface area contributed by atoms with E-state index < -0.39 is 30.8 Å². The Morgan fingerprint density at radius 2 is 2.16 bits per heavy atom. The average molecular weight is 338 g/mol. The molecule has 0 aromatic heterocycles. The molecule has 0 aliphatic rings. The summed E-state index contributed by atoms with van der Waals surface area (Å²) >= 11 is 3.14. The average Bonchev–Trinajstić information content (AvgIpc) is 2.37. The predicted molar refractivity (Wildman–Crippen MR) is 68.2 cm³/mol. The van der Waals surface area contributed by atoms with E-state index in [-0.39, 0.29) is 5.56 Å². The highest BCUT2D eigenvalue weighted by molar-refractivity contribution is 9.10. The number of hydrogen-bond acceptors (Lipinski definition) is 2. The number of halogens is 4. The third kappa shape index (κ3) is 5.44. The van der Waals surface area contributed by atoms with Gasteiger partial charge in [0.25, 0.3) is 5.92 Å². The molecule has 0 bridgehead atoms. The van der Waals surface area contributed by atoms with Crippen molar-refractivity contribution in [2.45, 2.75) is 5.92 Å². The zero-order chi connectivity index (χ0) is 14.5. The highest BCUT2D eigenvalue weighted by Crippen LogP contribution is 2.16. The van der Waals surface area contributed by atoms with Crippen molar-refractivity contribution in [1.82, 2.24) is 5.32 Å². The Morgan fingerprint density at radius 1 is 1.47 bits per heavy atom. The maximum absolute atomic E-state index is 13.3. The van der Waals surface area contributed by atoms with Crippen LogP contribution >= 0.6 is 15.9 Å². The summed E-state index contributed by atoms with van der Waals surface area (Å²) < 4.78 is 39.2. The number of rotatable bonds is 5. The number of hydrogen-bond donors (Lipinski definition) is 2. The molecule has 1 amide bonds. The summed E-state index contributed by atoms with van der Waals surface area (Å²) in [4.78, 5) is 11.2. The molecule has 0 heterocycles. The fraction of sp³-hybridized carbons (Fsp3) is 0.250. The number of alkyl halides is 2. The Hall–Kier alpha value is -1.34. The molecule has 0 unspecified atom stereocenters. The van der Waals surface area contributed by atoms with Gasteiger partial charge in [0, 0.05) is 16.1 Å². The van der Waals surface area contributed by atoms with Gasteiger partial charge in [-0.15, -0.1) is 0 Å². The molecule has 0 fully saturated rings. The van der Waals surface area contributed by atoms with E-state index >= 15 is 0 Å². The monoisotopic (exact) mass is 337 g/mol. The lowest BCUT2D eigenvalue weighted by Gasteiger charge is -2.12. The number of carbonyl (C=O) groups is 1. The van der Waals surface area contributed by atoms with Crippen molar-refractivity contribution in [2.24, 2.45) is 0 Å². The lowest BCUT2D eigenvalue weighted by atomic mass is 10.2. The molecule has 0 radical (unpaired) electrons. The van der Waals surface area contributed by atoms with Crippen molar-refractivity contribution in [3.8, 4) is 0 Å². The van der Waals surface area contributed by atoms with Gasteiger partial charge in [-0.05, 0) is 24.3 Å². The highest BCUT2D eigenvalue weighted by Gasteiger charge is 2.27. The van der Waals surface area contributed by atoms with Gasteiger partial charge in [0.1, 0.15) is 12.4 Å². The van der Waals surface area contributed by atoms with E-state index in [0.717, 1.165) is 6.08 Å². The number of amides is 1. The van der Waals surface area contributed by atoms with E-state index in [4.69, 9.17) is 5.11 Å². The number of carbonyl (C=O) groups excluding carboxylic acids is 1. The summed E-state index contributed by atoms with van der Waals surface area (Å²) in [5.74, 6) is -4.70. The van der Waals surface area contributed by atoms with Crippen LogP contribution in [0.15, 0.2) is 28.7 Å². The Kier molecular flexibility index (Phi) is 5.56. The van der Waals surface area contributed by atoms with Gasteiger partial charge in [-0.2, -0.15) is 0 Å². The highest BCUT2D eigenvalue weighted by atomic mass is 79.9. The van der Waals surface area contributed by atoms with Gasteiger partial charge < -0.3 is 10.4 Å². The summed E-state index contributed by atoms with van der Waals surface area (Å²) in [6.45, 7) is -2.33. The molecule has 19 heavy (non-hydrogen) atoms. The zero-order valence-electron chi connectivity index (χ0n) is 9.67. The molecule has 2 N–H and O–H groups in total. The number of nitrogens with one attached hydrogen (secondary N) is 1. The maximum Gasteiger partial charge on any atom is 0.287 e. The van der Waals surface area contributed by atoms with Gasteiger partial charge in [0.15, 0.2) is 0 Å². The maximum atomic E-state index is 13.3. The smallest absolute Gasteiger partial charge is 0.287 e. The number of benzene rings is 1. The lowest BCUT2D eigenvalue weighted by molar-refractivity contribution is -0.119. The minimum Gasteiger partial charge on any atom is -0.390 e. The fourth-order valence-electron chi connectivity index (χ4n) is 1.14. The Bertz CT molecular complexity index is 492. The largest absolute Gasteiger partial charge is 0.390 e. The van der Waals surface area contributed by atoms with Crippen LogP contribution in [0.5, 0.6) is 0 Å². The van der Waals surface area contributed by atoms with E-state index in [1.807, 2.05) is 5.32 Å². The van der Waals surface area contributed by atoms with Crippen LogP contribution in [0.3, 0.4) is 0 Å². The van der Waals surface area contributed by atoms with Crippen molar-refractivity contribution in [3.05, 3.63) is 40.1 Å². The molecular formula is C12H11BrF3NO2. The molecule has 1 aromatic carbocycles. The van der Waals surface area contributed by atoms with E-state index in [0.29, 0.717) is 4.47 Å². The third-order valence-electron chi connectivity index (χ3n) is 2.12. The quantitative estimate of drug-likeness (QED) is 0.810. The second-order valence-electron chi connectivity index (χ2n) is 3.73. The van der Waals surface area contributed by atoms with Crippen molar-refractivity contribution in [3.63, 3.8) is 0 Å². The predicted octanol–water partition coefficient (Wildman–Crippen LogP) is 2.35. The first kappa shape index (κ1) is 15.7. The second-order valence-corrected chi connectivity index (χ2v) is 4.65. The summed E-state index contributed by atoms with van der Waals surface area (Å²) in [7, 11) is 0. The van der Waals surface area contributed by atoms with Gasteiger partial charge in [-0.1, -0.05) is 15.9 Å². The van der Waals surface area contributed by atoms with Crippen LogP contribution in [-0.4, -0.2) is 30.1 Å². The van der Waals surface area contributed by atoms with Crippen LogP contribution in [0.4, 0.5) is 13.2 Å². The molecule has 0 aliphatic carbocycles. The standard InChI is InChI=1S/C12H11BrF3NO2/c13-9-2-3-10(14)8(5-9)1-4-11(19)17-6-12(15,16)7-18/h1-5,18H,6-7H2,(H,17,19)/b4-1+. The Balaban J connectivity index is 2.61. The van der Waals surface area contributed by atoms with E-state index in [2.05, 4.69) is 15.9 Å². The second kappa shape index (κ2) is 6.72. The van der Waals surface area contributed by atoms with E-state index in [9.17, 15) is 18.0 Å². The summed E-state index contributed by atoms with van der Waals surface area (Å²) in [5.41, 5.74) is 0.151. The molecular weight excluding hydrogens is 327 g/mol. The van der Waals surface area contributed by atoms with E-state index in [1.54, 1.807) is 0 Å². The first-order chi connectivity index (χ1) is 8.84. The first-order valence-electron chi connectivity index (χ1n) is 5.24. The number of aliphatic hydroxyl groups is 1. The Labute approximate surface area is 116 Å². The minimum absolute atomic E-state index is 0.151. The minimum atomic E-state index is -3.37. The molecule has 0 atom stereocenters. The molecule has 3 nitrogen and oxygen atoms in total. The van der Waals surface area contributed by atoms with Gasteiger partial charge in [-0.3, -0.25) is 4.79 Å². The summed E-state index contributed by atoms with van der Waals surface area (Å²) in [6.07, 6.45) is 2.12. The fourth-order valence-corrected chi connectivity index (χ4v) is 1.52. The van der Waals surface area contributed by atoms with Crippen molar-refractivity contribution < 1.29 is 23.1 Å². The summed E-state index contributed by atoms with van der Waals surface area (Å²) in [6, 6.07) is 4.15. The third-order valence-corrected chi connectivity index (χ3v) is 2.62. The molecule has 1 rings (SSSR count). The van der Waals surface area contributed by atoms with Gasteiger partial charge in [0.2, 0.25) is 5.91 Å². The van der Waals surface area contributed by atoms with Crippen molar-refractivity contribution in [2.75, 3.05) is 13.2 Å². The van der Waals surface area contributed by atoms with Crippen LogP contribution in [0.2, 0.25) is 0 Å². The van der Waals surface area contributed by atoms with E-state index in [1.165, 1.54) is 24.3 Å². The SMILES string of the molecule is O=C(/C=C/c1cc(Br)ccc1F)NCC(F)(F)CO. The molecule has 0 saturated heterocycles. The van der Waals surface area contributed by atoms with Crippen molar-refractivity contribution >= 4 is 27.9 Å². The topological polar surface area (TPSA) is 49.3 Å². The first-order valence-corrected chi connectivity index (χ1v) is 6.03. The number of aliphatic hydroxyl groups excluding tert-OH is 1. The van der Waals surface area contributed by atoms with Crippen LogP contribution in [-0.2, 0) is 4.79 Å². The van der Waals surface area contributed by atoms with Crippen molar-refractivity contribution in [1.29, 1.82) is 0 Å². The molecule has 0 spiro atoms. The van der Waals surface area contributed by atoms with Crippen LogP contribution in [0.1, 0.15) is 5.56 Å². The van der Waals surface area contributed by atoms with Crippen LogP contribution in [0.25, 0.3) is 6.08 Å². The normalized spacial score (nSPS) is 11.8. The molecule has 0 saturated carbocycles. The Morgan fingerprint density at radius 3 is 2.79 bits per heavy atom. The zero-order valence-corrected chi connectivity index (χ0v) is 11.3. The summed E-state index contributed by atoms with van der Waals surface area (Å²) in [5, 5.41) is 10.2. The molecule has 7 heteroatoms. The molecule has 1 aromatic rings. The van der Waals surface area contributed by atoms with Crippen LogP contribution < -0.4 is 5.32 Å². The molecule has 0 aliphatic heterocycles. The molecule has 104 valence electrons. The van der Waals surface area contributed by atoms with Crippen LogP contribution in [0, 0.1) is 5.82 Å². The van der Waals surface area contributed by atoms with Gasteiger partial charge in [-0.25, -0.2) is 13.2 Å².